The van der Waals surface area contributed by atoms with Gasteiger partial charge in [-0.25, -0.2) is 9.07 Å². The van der Waals surface area contributed by atoms with Crippen molar-refractivity contribution in [3.05, 3.63) is 78.1 Å². The summed E-state index contributed by atoms with van der Waals surface area (Å²) >= 11 is 0. The van der Waals surface area contributed by atoms with Crippen molar-refractivity contribution in [2.75, 3.05) is 19.1 Å². The van der Waals surface area contributed by atoms with Crippen LogP contribution in [-0.4, -0.2) is 47.1 Å². The number of nitrogens with zero attached hydrogens (tertiary/aromatic N) is 4. The van der Waals surface area contributed by atoms with Crippen LogP contribution >= 0.6 is 0 Å². The molecule has 2 amide bonds. The molecule has 0 saturated heterocycles. The normalized spacial score (nSPS) is 14.5. The summed E-state index contributed by atoms with van der Waals surface area (Å²) in [5.41, 5.74) is 1.94. The fraction of sp³-hybridized carbons (Fsp3) is 0.333. The van der Waals surface area contributed by atoms with Crippen molar-refractivity contribution in [1.29, 1.82) is 0 Å². The Kier molecular flexibility index (Phi) is 8.23. The van der Waals surface area contributed by atoms with Crippen molar-refractivity contribution in [3.63, 3.8) is 0 Å². The number of hydrogen-bond acceptors (Lipinski definition) is 6. The van der Waals surface area contributed by atoms with Crippen molar-refractivity contribution in [1.82, 2.24) is 20.3 Å². The second-order valence-corrected chi connectivity index (χ2v) is 9.83. The molecule has 9 nitrogen and oxygen atoms in total. The number of rotatable bonds is 9. The summed E-state index contributed by atoms with van der Waals surface area (Å²) in [7, 11) is 3.02. The van der Waals surface area contributed by atoms with E-state index in [1.165, 1.54) is 42.0 Å². The van der Waals surface area contributed by atoms with Gasteiger partial charge < -0.3 is 14.8 Å². The van der Waals surface area contributed by atoms with Crippen molar-refractivity contribution < 1.29 is 23.5 Å². The van der Waals surface area contributed by atoms with Gasteiger partial charge in [0.05, 0.1) is 19.7 Å². The van der Waals surface area contributed by atoms with E-state index in [-0.39, 0.29) is 24.2 Å². The second kappa shape index (κ2) is 12.1. The molecule has 1 N–H and O–H groups in total. The van der Waals surface area contributed by atoms with Crippen LogP contribution in [0.25, 0.3) is 11.0 Å². The van der Waals surface area contributed by atoms with Crippen LogP contribution in [-0.2, 0) is 16.1 Å². The lowest BCUT2D eigenvalue weighted by atomic mass is 9.94. The maximum atomic E-state index is 14.6. The zero-order valence-corrected chi connectivity index (χ0v) is 22.5. The molecule has 0 bridgehead atoms. The van der Waals surface area contributed by atoms with Crippen molar-refractivity contribution in [3.8, 4) is 11.5 Å². The Morgan fingerprint density at radius 1 is 1.02 bits per heavy atom. The van der Waals surface area contributed by atoms with E-state index in [1.807, 2.05) is 18.2 Å². The highest BCUT2D eigenvalue weighted by molar-refractivity contribution is 6.02. The van der Waals surface area contributed by atoms with Crippen molar-refractivity contribution >= 4 is 28.5 Å². The van der Waals surface area contributed by atoms with Gasteiger partial charge in [-0.1, -0.05) is 42.7 Å². The molecule has 1 unspecified atom stereocenters. The number of methoxy groups -OCH3 is 2. The van der Waals surface area contributed by atoms with Gasteiger partial charge in [0.2, 0.25) is 11.8 Å². The number of fused-ring (bicyclic) bond motifs is 1. The summed E-state index contributed by atoms with van der Waals surface area (Å²) < 4.78 is 27.1. The molecule has 1 aliphatic rings. The van der Waals surface area contributed by atoms with E-state index in [1.54, 1.807) is 30.3 Å². The third-order valence-electron chi connectivity index (χ3n) is 7.25. The molecule has 1 heterocycles. The molecule has 1 atom stereocenters. The van der Waals surface area contributed by atoms with Gasteiger partial charge in [0, 0.05) is 17.3 Å². The van der Waals surface area contributed by atoms with Crippen LogP contribution in [0.4, 0.5) is 10.1 Å². The van der Waals surface area contributed by atoms with E-state index < -0.39 is 17.8 Å². The maximum absolute atomic E-state index is 14.6. The predicted octanol–water partition coefficient (Wildman–Crippen LogP) is 4.81. The Morgan fingerprint density at radius 3 is 2.58 bits per heavy atom. The molecular weight excluding hydrogens is 513 g/mol. The van der Waals surface area contributed by atoms with Gasteiger partial charge in [-0.3, -0.25) is 14.5 Å². The minimum atomic E-state index is -1.18. The lowest BCUT2D eigenvalue weighted by Crippen LogP contribution is -2.48. The Bertz CT molecular complexity index is 1500. The first kappa shape index (κ1) is 27.1. The molecule has 0 spiro atoms. The Balaban J connectivity index is 1.63. The summed E-state index contributed by atoms with van der Waals surface area (Å²) in [4.78, 5) is 29.7. The minimum absolute atomic E-state index is 0.0240. The first-order valence-corrected chi connectivity index (χ1v) is 13.4. The van der Waals surface area contributed by atoms with Gasteiger partial charge in [0.1, 0.15) is 35.4 Å². The van der Waals surface area contributed by atoms with Crippen LogP contribution < -0.4 is 19.7 Å². The molecule has 10 heteroatoms. The summed E-state index contributed by atoms with van der Waals surface area (Å²) in [5, 5.41) is 11.5. The van der Waals surface area contributed by atoms with E-state index in [4.69, 9.17) is 9.47 Å². The molecule has 40 heavy (non-hydrogen) atoms. The zero-order valence-electron chi connectivity index (χ0n) is 22.5. The number of benzene rings is 3. The maximum Gasteiger partial charge on any atom is 0.249 e. The number of anilines is 1. The smallest absolute Gasteiger partial charge is 0.249 e. The number of ether oxygens (including phenoxy) is 2. The molecule has 4 aromatic rings. The van der Waals surface area contributed by atoms with Crippen LogP contribution in [0.2, 0.25) is 0 Å². The summed E-state index contributed by atoms with van der Waals surface area (Å²) in [6, 6.07) is 16.8. The second-order valence-electron chi connectivity index (χ2n) is 9.83. The molecule has 0 aliphatic heterocycles. The number of para-hydroxylation sites is 1. The molecule has 1 saturated carbocycles. The van der Waals surface area contributed by atoms with Crippen LogP contribution in [0.1, 0.15) is 43.7 Å². The van der Waals surface area contributed by atoms with E-state index in [2.05, 4.69) is 15.6 Å². The first-order valence-electron chi connectivity index (χ1n) is 13.4. The summed E-state index contributed by atoms with van der Waals surface area (Å²) in [5.74, 6) is -0.523. The predicted molar refractivity (Wildman–Crippen MR) is 149 cm³/mol. The van der Waals surface area contributed by atoms with Gasteiger partial charge in [-0.05, 0) is 61.4 Å². The zero-order chi connectivity index (χ0) is 28.1. The van der Waals surface area contributed by atoms with E-state index >= 15 is 0 Å². The monoisotopic (exact) mass is 545 g/mol. The summed E-state index contributed by atoms with van der Waals surface area (Å²) in [6.45, 7) is -0.226. The fourth-order valence-electron chi connectivity index (χ4n) is 5.28. The number of carbonyl (C=O) groups excluding carboxylic acids is 2. The highest BCUT2D eigenvalue weighted by Gasteiger charge is 2.37. The highest BCUT2D eigenvalue weighted by atomic mass is 19.1. The third kappa shape index (κ3) is 5.75. The molecule has 208 valence electrons. The minimum Gasteiger partial charge on any atom is -0.497 e. The van der Waals surface area contributed by atoms with Gasteiger partial charge in [-0.15, -0.1) is 5.10 Å². The Labute approximate surface area is 231 Å². The molecule has 3 aromatic carbocycles. The highest BCUT2D eigenvalue weighted by Crippen LogP contribution is 2.37. The average Bonchev–Trinajstić information content (AvgIpc) is 3.38. The number of nitrogens with one attached hydrogen (secondary N) is 1. The number of halogens is 1. The topological polar surface area (TPSA) is 98.6 Å². The van der Waals surface area contributed by atoms with Crippen molar-refractivity contribution in [2.45, 2.75) is 50.7 Å². The van der Waals surface area contributed by atoms with Gasteiger partial charge >= 0.3 is 0 Å². The first-order chi connectivity index (χ1) is 19.5. The van der Waals surface area contributed by atoms with Crippen LogP contribution in [0.3, 0.4) is 0 Å². The van der Waals surface area contributed by atoms with E-state index in [0.717, 1.165) is 32.1 Å². The van der Waals surface area contributed by atoms with Gasteiger partial charge in [-0.2, -0.15) is 0 Å². The van der Waals surface area contributed by atoms with Gasteiger partial charge in [0.15, 0.2) is 0 Å². The fourth-order valence-corrected chi connectivity index (χ4v) is 5.28. The largest absolute Gasteiger partial charge is 0.497 e. The molecule has 1 fully saturated rings. The molecule has 1 aliphatic carbocycles. The molecular formula is C30H32FN5O4. The average molecular weight is 546 g/mol. The number of carbonyl (C=O) groups is 2. The SMILES string of the molecule is COc1ccc(OC)c(C(C(=O)NC2CCCCC2)N(C(=O)Cn2nnc3ccccc32)c2cccc(F)c2)c1. The quantitative estimate of drug-likeness (QED) is 0.324. The lowest BCUT2D eigenvalue weighted by Gasteiger charge is -2.34. The van der Waals surface area contributed by atoms with Gasteiger partial charge in [0.25, 0.3) is 0 Å². The third-order valence-corrected chi connectivity index (χ3v) is 7.25. The number of aromatic nitrogens is 3. The standard InChI is InChI=1S/C30H32FN5O4/c1-39-23-15-16-27(40-2)24(18-23)29(30(38)32-21-10-4-3-5-11-21)36(22-12-8-9-20(31)17-22)28(37)19-35-26-14-7-6-13-25(26)33-34-35/h6-9,12-18,21,29H,3-5,10-11,19H2,1-2H3,(H,32,38). The molecule has 1 aromatic heterocycles. The number of hydrogen-bond donors (Lipinski definition) is 1. The van der Waals surface area contributed by atoms with Crippen molar-refractivity contribution in [2.24, 2.45) is 0 Å². The lowest BCUT2D eigenvalue weighted by molar-refractivity contribution is -0.127. The van der Waals surface area contributed by atoms with Crippen LogP contribution in [0.5, 0.6) is 11.5 Å². The molecule has 0 radical (unpaired) electrons. The summed E-state index contributed by atoms with van der Waals surface area (Å²) in [6.07, 6.45) is 4.87. The number of amides is 2. The Morgan fingerprint density at radius 2 is 1.82 bits per heavy atom. The van der Waals surface area contributed by atoms with Crippen LogP contribution in [0, 0.1) is 5.82 Å². The Hall–Kier alpha value is -4.47. The van der Waals surface area contributed by atoms with E-state index in [0.29, 0.717) is 28.1 Å². The molecule has 5 rings (SSSR count). The van der Waals surface area contributed by atoms with E-state index in [9.17, 15) is 14.0 Å². The van der Waals surface area contributed by atoms with Crippen LogP contribution in [0.15, 0.2) is 66.7 Å².